The molecule has 8 heteroatoms. The van der Waals surface area contributed by atoms with Crippen molar-refractivity contribution in [2.24, 2.45) is 0 Å². The van der Waals surface area contributed by atoms with E-state index in [0.717, 1.165) is 18.7 Å². The summed E-state index contributed by atoms with van der Waals surface area (Å²) in [6.45, 7) is 3.53. The third kappa shape index (κ3) is 4.73. The molecule has 1 aliphatic rings. The van der Waals surface area contributed by atoms with Crippen molar-refractivity contribution < 1.29 is 13.2 Å². The molecule has 0 saturated carbocycles. The molecule has 26 heavy (non-hydrogen) atoms. The molecule has 1 aliphatic heterocycles. The largest absolute Gasteiger partial charge is 0.379 e. The smallest absolute Gasteiger partial charge is 0.179 e. The zero-order chi connectivity index (χ0) is 18.6. The molecule has 1 aromatic heterocycles. The monoisotopic (exact) mass is 395 g/mol. The van der Waals surface area contributed by atoms with Gasteiger partial charge in [0.1, 0.15) is 10.7 Å². The Bertz CT molecular complexity index is 837. The first-order chi connectivity index (χ1) is 12.4. The molecule has 0 aliphatic carbocycles. The van der Waals surface area contributed by atoms with Gasteiger partial charge in [0.05, 0.1) is 19.3 Å². The maximum absolute atomic E-state index is 12.0. The minimum absolute atomic E-state index is 0.0607. The quantitative estimate of drug-likeness (QED) is 0.810. The number of hydrogen-bond acceptors (Lipinski definition) is 6. The third-order valence-electron chi connectivity index (χ3n) is 4.37. The van der Waals surface area contributed by atoms with Gasteiger partial charge in [-0.2, -0.15) is 0 Å². The van der Waals surface area contributed by atoms with E-state index >= 15 is 0 Å². The molecule has 1 unspecified atom stereocenters. The van der Waals surface area contributed by atoms with E-state index in [2.05, 4.69) is 15.2 Å². The first-order valence-corrected chi connectivity index (χ1v) is 10.7. The second kappa shape index (κ2) is 8.35. The summed E-state index contributed by atoms with van der Waals surface area (Å²) in [7, 11) is -3.35. The Morgan fingerprint density at radius 3 is 2.58 bits per heavy atom. The molecule has 0 spiro atoms. The summed E-state index contributed by atoms with van der Waals surface area (Å²) in [5.41, 5.74) is 1.11. The van der Waals surface area contributed by atoms with Crippen LogP contribution in [0.25, 0.3) is 0 Å². The van der Waals surface area contributed by atoms with Gasteiger partial charge in [0, 0.05) is 37.1 Å². The van der Waals surface area contributed by atoms with Gasteiger partial charge in [-0.1, -0.05) is 23.7 Å². The first-order valence-electron chi connectivity index (χ1n) is 8.41. The van der Waals surface area contributed by atoms with E-state index in [9.17, 15) is 8.42 Å². The molecular formula is C18H22ClN3O3S. The number of benzene rings is 1. The van der Waals surface area contributed by atoms with Crippen LogP contribution in [0.4, 0.5) is 5.82 Å². The van der Waals surface area contributed by atoms with Crippen LogP contribution in [-0.4, -0.2) is 57.4 Å². The molecule has 140 valence electrons. The van der Waals surface area contributed by atoms with E-state index in [0.29, 0.717) is 30.6 Å². The zero-order valence-electron chi connectivity index (χ0n) is 14.6. The molecule has 1 fully saturated rings. The molecule has 0 amide bonds. The Balaban J connectivity index is 1.84. The lowest BCUT2D eigenvalue weighted by molar-refractivity contribution is 0.0187. The van der Waals surface area contributed by atoms with Gasteiger partial charge in [0.25, 0.3) is 0 Å². The van der Waals surface area contributed by atoms with Crippen molar-refractivity contribution in [3.8, 4) is 0 Å². The van der Waals surface area contributed by atoms with E-state index in [4.69, 9.17) is 16.3 Å². The summed E-state index contributed by atoms with van der Waals surface area (Å²) in [6, 6.07) is 11.0. The highest BCUT2D eigenvalue weighted by molar-refractivity contribution is 7.90. The molecular weight excluding hydrogens is 374 g/mol. The van der Waals surface area contributed by atoms with Gasteiger partial charge in [-0.3, -0.25) is 4.90 Å². The topological polar surface area (TPSA) is 71.5 Å². The number of nitrogens with one attached hydrogen (secondary N) is 1. The van der Waals surface area contributed by atoms with Crippen LogP contribution in [0.5, 0.6) is 0 Å². The maximum Gasteiger partial charge on any atom is 0.179 e. The number of nitrogens with zero attached hydrogens (tertiary/aromatic N) is 2. The van der Waals surface area contributed by atoms with Gasteiger partial charge in [0.15, 0.2) is 9.84 Å². The Morgan fingerprint density at radius 1 is 1.23 bits per heavy atom. The molecule has 6 nitrogen and oxygen atoms in total. The van der Waals surface area contributed by atoms with Crippen molar-refractivity contribution in [3.63, 3.8) is 0 Å². The van der Waals surface area contributed by atoms with Gasteiger partial charge in [-0.25, -0.2) is 13.4 Å². The standard InChI is InChI=1S/C18H22ClN3O3S/c1-26(23,24)17-3-2-8-20-18(17)21-13-16(22-9-11-25-12-10-22)14-4-6-15(19)7-5-14/h2-8,16H,9-13H2,1H3,(H,20,21). The molecule has 1 aromatic carbocycles. The number of morpholine rings is 1. The number of anilines is 1. The van der Waals surface area contributed by atoms with E-state index < -0.39 is 9.84 Å². The van der Waals surface area contributed by atoms with E-state index in [1.54, 1.807) is 18.3 Å². The van der Waals surface area contributed by atoms with E-state index in [1.165, 1.54) is 6.26 Å². The van der Waals surface area contributed by atoms with Gasteiger partial charge in [-0.15, -0.1) is 0 Å². The minimum Gasteiger partial charge on any atom is -0.379 e. The first kappa shape index (κ1) is 19.1. The van der Waals surface area contributed by atoms with Crippen LogP contribution in [0.1, 0.15) is 11.6 Å². The number of aromatic nitrogens is 1. The van der Waals surface area contributed by atoms with Gasteiger partial charge < -0.3 is 10.1 Å². The van der Waals surface area contributed by atoms with Crippen LogP contribution in [0.15, 0.2) is 47.5 Å². The molecule has 1 atom stereocenters. The SMILES string of the molecule is CS(=O)(=O)c1cccnc1NCC(c1ccc(Cl)cc1)N1CCOCC1. The predicted octanol–water partition coefficient (Wildman–Crippen LogP) is 2.62. The predicted molar refractivity (Wildman–Crippen MR) is 102 cm³/mol. The lowest BCUT2D eigenvalue weighted by Crippen LogP contribution is -2.41. The summed E-state index contributed by atoms with van der Waals surface area (Å²) in [5, 5.41) is 3.91. The van der Waals surface area contributed by atoms with Crippen LogP contribution >= 0.6 is 11.6 Å². The molecule has 0 bridgehead atoms. The fourth-order valence-electron chi connectivity index (χ4n) is 3.05. The summed E-state index contributed by atoms with van der Waals surface area (Å²) in [4.78, 5) is 6.74. The Morgan fingerprint density at radius 2 is 1.92 bits per heavy atom. The van der Waals surface area contributed by atoms with Crippen molar-refractivity contribution in [2.75, 3.05) is 44.4 Å². The zero-order valence-corrected chi connectivity index (χ0v) is 16.1. The number of ether oxygens (including phenoxy) is 1. The number of halogens is 1. The van der Waals surface area contributed by atoms with Crippen molar-refractivity contribution in [3.05, 3.63) is 53.2 Å². The average Bonchev–Trinajstić information content (AvgIpc) is 2.64. The highest BCUT2D eigenvalue weighted by Gasteiger charge is 2.23. The number of pyridine rings is 1. The lowest BCUT2D eigenvalue weighted by Gasteiger charge is -2.35. The molecule has 0 radical (unpaired) electrons. The lowest BCUT2D eigenvalue weighted by atomic mass is 10.0. The van der Waals surface area contributed by atoms with Crippen LogP contribution in [0, 0.1) is 0 Å². The van der Waals surface area contributed by atoms with Crippen molar-refractivity contribution in [1.82, 2.24) is 9.88 Å². The van der Waals surface area contributed by atoms with Crippen LogP contribution < -0.4 is 5.32 Å². The van der Waals surface area contributed by atoms with E-state index in [1.807, 2.05) is 24.3 Å². The van der Waals surface area contributed by atoms with Gasteiger partial charge in [-0.05, 0) is 29.8 Å². The number of sulfone groups is 1. The van der Waals surface area contributed by atoms with Crippen LogP contribution in [-0.2, 0) is 14.6 Å². The average molecular weight is 396 g/mol. The van der Waals surface area contributed by atoms with Crippen molar-refractivity contribution in [1.29, 1.82) is 0 Å². The Kier molecular flexibility index (Phi) is 6.13. The Labute approximate surface area is 159 Å². The number of rotatable bonds is 6. The summed E-state index contributed by atoms with van der Waals surface area (Å²) < 4.78 is 29.4. The Hall–Kier alpha value is -1.67. The summed E-state index contributed by atoms with van der Waals surface area (Å²) >= 11 is 6.02. The van der Waals surface area contributed by atoms with Crippen molar-refractivity contribution in [2.45, 2.75) is 10.9 Å². The molecule has 2 heterocycles. The third-order valence-corrected chi connectivity index (χ3v) is 5.75. The molecule has 2 aromatic rings. The van der Waals surface area contributed by atoms with Crippen LogP contribution in [0.2, 0.25) is 5.02 Å². The second-order valence-corrected chi connectivity index (χ2v) is 8.64. The highest BCUT2D eigenvalue weighted by atomic mass is 35.5. The summed E-state index contributed by atoms with van der Waals surface area (Å²) in [5.74, 6) is 0.377. The van der Waals surface area contributed by atoms with Crippen LogP contribution in [0.3, 0.4) is 0 Å². The summed E-state index contributed by atoms with van der Waals surface area (Å²) in [6.07, 6.45) is 2.77. The second-order valence-electron chi connectivity index (χ2n) is 6.22. The van der Waals surface area contributed by atoms with Gasteiger partial charge in [0.2, 0.25) is 0 Å². The van der Waals surface area contributed by atoms with E-state index in [-0.39, 0.29) is 10.9 Å². The number of hydrogen-bond donors (Lipinski definition) is 1. The van der Waals surface area contributed by atoms with Gasteiger partial charge >= 0.3 is 0 Å². The fourth-order valence-corrected chi connectivity index (χ4v) is 3.98. The normalized spacial score (nSPS) is 17.0. The van der Waals surface area contributed by atoms with Crippen molar-refractivity contribution >= 4 is 27.3 Å². The molecule has 1 saturated heterocycles. The minimum atomic E-state index is -3.35. The fraction of sp³-hybridized carbons (Fsp3) is 0.389. The molecule has 1 N–H and O–H groups in total. The molecule has 3 rings (SSSR count). The maximum atomic E-state index is 12.0. The highest BCUT2D eigenvalue weighted by Crippen LogP contribution is 2.25.